The molecule has 23 heteroatoms. The number of likely N-dealkylation sites (tertiary alicyclic amines) is 1. The maximum absolute atomic E-state index is 13.8. The predicted octanol–water partition coefficient (Wildman–Crippen LogP) is 2.49. The molecule has 1 fully saturated rings. The van der Waals surface area contributed by atoms with Crippen molar-refractivity contribution in [3.63, 3.8) is 0 Å². The van der Waals surface area contributed by atoms with Crippen molar-refractivity contribution in [2.45, 2.75) is 224 Å². The van der Waals surface area contributed by atoms with Crippen LogP contribution in [0.1, 0.15) is 182 Å². The van der Waals surface area contributed by atoms with Gasteiger partial charge in [0.15, 0.2) is 0 Å². The lowest BCUT2D eigenvalue weighted by atomic mass is 10.0. The van der Waals surface area contributed by atoms with Gasteiger partial charge in [0.2, 0.25) is 41.4 Å². The van der Waals surface area contributed by atoms with Gasteiger partial charge in [0.25, 0.3) is 0 Å². The van der Waals surface area contributed by atoms with Crippen LogP contribution < -0.4 is 31.9 Å². The summed E-state index contributed by atoms with van der Waals surface area (Å²) in [6.07, 6.45) is 12.9. The molecule has 0 aromatic heterocycles. The van der Waals surface area contributed by atoms with Crippen molar-refractivity contribution < 1.29 is 78.3 Å². The maximum atomic E-state index is 13.8. The minimum absolute atomic E-state index is 0.00222. The van der Waals surface area contributed by atoms with Crippen LogP contribution in [-0.2, 0) is 52.7 Å². The van der Waals surface area contributed by atoms with Gasteiger partial charge in [0.1, 0.15) is 36.3 Å². The molecule has 0 spiro atoms. The Morgan fingerprint density at radius 3 is 1.50 bits per heavy atom. The van der Waals surface area contributed by atoms with Gasteiger partial charge in [0, 0.05) is 25.8 Å². The monoisotopic (exact) mass is 1030 g/mol. The first-order chi connectivity index (χ1) is 34.1. The number of nitrogens with zero attached hydrogens (tertiary/aromatic N) is 1. The highest BCUT2D eigenvalue weighted by Gasteiger charge is 2.40. The zero-order valence-corrected chi connectivity index (χ0v) is 42.7. The number of carboxylic acid groups (broad SMARTS) is 4. The van der Waals surface area contributed by atoms with Crippen molar-refractivity contribution in [2.24, 2.45) is 5.92 Å². The number of rotatable bonds is 40. The molecule has 1 aliphatic heterocycles. The van der Waals surface area contributed by atoms with E-state index in [2.05, 4.69) is 38.8 Å². The normalized spacial score (nSPS) is 15.8. The second-order valence-corrected chi connectivity index (χ2v) is 19.1. The Morgan fingerprint density at radius 1 is 0.542 bits per heavy atom. The highest BCUT2D eigenvalue weighted by atomic mass is 16.4. The molecule has 1 heterocycles. The van der Waals surface area contributed by atoms with Gasteiger partial charge in [0.05, 0.1) is 19.1 Å². The molecule has 0 aromatic rings. The molecule has 1 saturated heterocycles. The molecule has 1 aliphatic rings. The second kappa shape index (κ2) is 36.1. The smallest absolute Gasteiger partial charge is 0.326 e. The Labute approximate surface area is 422 Å². The van der Waals surface area contributed by atoms with Crippen molar-refractivity contribution >= 4 is 65.2 Å². The summed E-state index contributed by atoms with van der Waals surface area (Å²) >= 11 is 0. The molecular formula is C49H83N7O16. The molecule has 0 aromatic carbocycles. The Kier molecular flexibility index (Phi) is 32.2. The number of unbranched alkanes of at least 4 members (excludes halogenated alkanes) is 14. The number of aliphatic hydroxyl groups excluding tert-OH is 1. The molecule has 1 rings (SSSR count). The largest absolute Gasteiger partial charge is 0.481 e. The highest BCUT2D eigenvalue weighted by molar-refractivity contribution is 5.98. The molecule has 0 unspecified atom stereocenters. The van der Waals surface area contributed by atoms with Crippen molar-refractivity contribution in [3.8, 4) is 0 Å². The van der Waals surface area contributed by atoms with Crippen LogP contribution in [-0.4, -0.2) is 151 Å². The second-order valence-electron chi connectivity index (χ2n) is 19.1. The lowest BCUT2D eigenvalue weighted by Gasteiger charge is -2.30. The SMILES string of the molecule is CCCCCCCCCCCCCCCCCC(=O)N[C@@H](CC(=O)O)C(=O)N1CCC[C@H]1C(=O)N[C@@H](CCC(=O)O)C(=O)N[C@H](C(=O)NCC(=O)N[C@@H](CCC(=O)O)C(=O)N[C@@H](CC(C)C)C(=O)O)[C@@H](C)O. The molecule has 72 heavy (non-hydrogen) atoms. The number of carboxylic acids is 4. The molecule has 7 atom stereocenters. The van der Waals surface area contributed by atoms with Crippen LogP contribution in [0.4, 0.5) is 0 Å². The van der Waals surface area contributed by atoms with Crippen molar-refractivity contribution in [3.05, 3.63) is 0 Å². The zero-order valence-electron chi connectivity index (χ0n) is 42.7. The maximum Gasteiger partial charge on any atom is 0.326 e. The van der Waals surface area contributed by atoms with E-state index in [0.29, 0.717) is 6.42 Å². The Bertz CT molecular complexity index is 1780. The van der Waals surface area contributed by atoms with Crippen LogP contribution in [0.5, 0.6) is 0 Å². The average Bonchev–Trinajstić information content (AvgIpc) is 3.80. The summed E-state index contributed by atoms with van der Waals surface area (Å²) in [4.78, 5) is 141. The topological polar surface area (TPSA) is 364 Å². The van der Waals surface area contributed by atoms with Crippen LogP contribution in [0.25, 0.3) is 0 Å². The van der Waals surface area contributed by atoms with Gasteiger partial charge in [-0.15, -0.1) is 0 Å². The van der Waals surface area contributed by atoms with Crippen LogP contribution >= 0.6 is 0 Å². The first-order valence-electron chi connectivity index (χ1n) is 25.7. The number of aliphatic hydroxyl groups is 1. The highest BCUT2D eigenvalue weighted by Crippen LogP contribution is 2.21. The summed E-state index contributed by atoms with van der Waals surface area (Å²) < 4.78 is 0. The molecule has 0 saturated carbocycles. The van der Waals surface area contributed by atoms with Crippen molar-refractivity contribution in [1.29, 1.82) is 0 Å². The third-order valence-corrected chi connectivity index (χ3v) is 12.2. The van der Waals surface area contributed by atoms with Crippen LogP contribution in [0.3, 0.4) is 0 Å². The summed E-state index contributed by atoms with van der Waals surface area (Å²) in [5.41, 5.74) is 0. The summed E-state index contributed by atoms with van der Waals surface area (Å²) in [5, 5.41) is 62.0. The van der Waals surface area contributed by atoms with Gasteiger partial charge in [-0.1, -0.05) is 111 Å². The molecule has 0 radical (unpaired) electrons. The standard InChI is InChI=1S/C49H83N7O16/c1-5-6-7-8-9-10-11-12-13-14-15-16-17-18-19-22-38(58)52-35(29-42(64)65)48(70)56-27-20-21-37(56)46(68)53-34(24-26-41(62)63)45(67)55-43(32(4)57)47(69)50-30-39(59)51-33(23-25-40(60)61)44(66)54-36(49(71)72)28-31(2)3/h31-37,43,57H,5-30H2,1-4H3,(H,50,69)(H,51,59)(H,52,58)(H,53,68)(H,54,66)(H,55,67)(H,60,61)(H,62,63)(H,64,65)(H,71,72)/t32-,33+,34+,35+,36+,37+,43+/m1/s1. The summed E-state index contributed by atoms with van der Waals surface area (Å²) in [6, 6.07) is -9.13. The van der Waals surface area contributed by atoms with E-state index in [1.54, 1.807) is 13.8 Å². The van der Waals surface area contributed by atoms with Crippen LogP contribution in [0.2, 0.25) is 0 Å². The van der Waals surface area contributed by atoms with Crippen LogP contribution in [0.15, 0.2) is 0 Å². The van der Waals surface area contributed by atoms with E-state index in [9.17, 15) is 73.2 Å². The predicted molar refractivity (Wildman–Crippen MR) is 262 cm³/mol. The van der Waals surface area contributed by atoms with Gasteiger partial charge in [-0.25, -0.2) is 4.79 Å². The molecule has 410 valence electrons. The third-order valence-electron chi connectivity index (χ3n) is 12.2. The van der Waals surface area contributed by atoms with Gasteiger partial charge >= 0.3 is 23.9 Å². The summed E-state index contributed by atoms with van der Waals surface area (Å²) in [5.74, 6) is -12.2. The number of hydrogen-bond acceptors (Lipinski definition) is 12. The molecule has 0 bridgehead atoms. The Morgan fingerprint density at radius 2 is 1.03 bits per heavy atom. The van der Waals surface area contributed by atoms with E-state index < -0.39 is 146 Å². The fraction of sp³-hybridized carbons (Fsp3) is 0.776. The fourth-order valence-corrected chi connectivity index (χ4v) is 8.29. The van der Waals surface area contributed by atoms with E-state index in [1.165, 1.54) is 64.2 Å². The van der Waals surface area contributed by atoms with E-state index in [-0.39, 0.29) is 38.1 Å². The number of aliphatic carboxylic acids is 4. The number of nitrogens with one attached hydrogen (secondary N) is 6. The first kappa shape index (κ1) is 64.1. The van der Waals surface area contributed by atoms with E-state index in [1.807, 2.05) is 0 Å². The third kappa shape index (κ3) is 27.7. The number of amides is 7. The van der Waals surface area contributed by atoms with Crippen molar-refractivity contribution in [1.82, 2.24) is 36.8 Å². The van der Waals surface area contributed by atoms with E-state index in [0.717, 1.165) is 37.5 Å². The molecule has 0 aliphatic carbocycles. The minimum atomic E-state index is -1.81. The van der Waals surface area contributed by atoms with Crippen molar-refractivity contribution in [2.75, 3.05) is 13.1 Å². The summed E-state index contributed by atoms with van der Waals surface area (Å²) in [6.45, 7) is 5.86. The van der Waals surface area contributed by atoms with E-state index in [4.69, 9.17) is 5.11 Å². The Balaban J connectivity index is 2.91. The fourth-order valence-electron chi connectivity index (χ4n) is 8.29. The molecular weight excluding hydrogens is 943 g/mol. The molecule has 7 amide bonds. The van der Waals surface area contributed by atoms with Gasteiger partial charge in [-0.3, -0.25) is 47.9 Å². The molecule has 23 nitrogen and oxygen atoms in total. The zero-order chi connectivity index (χ0) is 54.2. The minimum Gasteiger partial charge on any atom is -0.481 e. The quantitative estimate of drug-likeness (QED) is 0.0393. The van der Waals surface area contributed by atoms with Gasteiger partial charge in [-0.2, -0.15) is 0 Å². The van der Waals surface area contributed by atoms with E-state index >= 15 is 0 Å². The molecule has 11 N–H and O–H groups in total. The van der Waals surface area contributed by atoms with Gasteiger partial charge < -0.3 is 62.3 Å². The van der Waals surface area contributed by atoms with Gasteiger partial charge in [-0.05, 0) is 51.4 Å². The first-order valence-corrected chi connectivity index (χ1v) is 25.7. The summed E-state index contributed by atoms with van der Waals surface area (Å²) in [7, 11) is 0. The lowest BCUT2D eigenvalue weighted by molar-refractivity contribution is -0.146. The lowest BCUT2D eigenvalue weighted by Crippen LogP contribution is -2.60. The number of carbonyl (C=O) groups excluding carboxylic acids is 7. The Hall–Kier alpha value is -5.87. The number of carbonyl (C=O) groups is 11. The number of hydrogen-bond donors (Lipinski definition) is 11. The average molecular weight is 1030 g/mol. The van der Waals surface area contributed by atoms with Crippen LogP contribution in [0, 0.1) is 5.92 Å².